The third kappa shape index (κ3) is 12.7. The fourth-order valence-corrected chi connectivity index (χ4v) is 0.675. The Morgan fingerprint density at radius 2 is 1.85 bits per heavy atom. The summed E-state index contributed by atoms with van der Waals surface area (Å²) in [4.78, 5) is 20.7. The number of rotatable bonds is 4. The number of hydrogen-bond acceptors (Lipinski definition) is 5. The van der Waals surface area contributed by atoms with Crippen LogP contribution in [-0.2, 0) is 24.4 Å². The van der Waals surface area contributed by atoms with E-state index in [-0.39, 0.29) is 51.4 Å². The molecule has 0 aliphatic rings. The summed E-state index contributed by atoms with van der Waals surface area (Å²) < 4.78 is 32.2. The molecule has 0 radical (unpaired) electrons. The Kier molecular flexibility index (Phi) is 8.74. The molecule has 0 aromatic rings. The Morgan fingerprint density at radius 3 is 2.15 bits per heavy atom. The van der Waals surface area contributed by atoms with Crippen LogP contribution >= 0.6 is 0 Å². The van der Waals surface area contributed by atoms with Crippen molar-refractivity contribution in [1.82, 2.24) is 0 Å². The molecule has 0 aromatic carbocycles. The molecule has 1 N–H and O–H groups in total. The van der Waals surface area contributed by atoms with Gasteiger partial charge in [0.2, 0.25) is 5.94 Å². The second-order valence-electron chi connectivity index (χ2n) is 2.09. The van der Waals surface area contributed by atoms with E-state index in [2.05, 4.69) is 4.74 Å². The van der Waals surface area contributed by atoms with Crippen molar-refractivity contribution in [2.24, 2.45) is 0 Å². The maximum absolute atomic E-state index is 10.5. The van der Waals surface area contributed by atoms with E-state index in [1.807, 2.05) is 0 Å². The second kappa shape index (κ2) is 7.04. The van der Waals surface area contributed by atoms with Gasteiger partial charge in [0.25, 0.3) is 0 Å². The zero-order valence-electron chi connectivity index (χ0n) is 6.31. The number of carbonyl (C=O) groups excluding carboxylic acids is 2. The first-order chi connectivity index (χ1) is 5.31. The molecule has 0 rings (SSSR count). The Balaban J connectivity index is 0. The van der Waals surface area contributed by atoms with Crippen LogP contribution in [0.3, 0.4) is 0 Å². The summed E-state index contributed by atoms with van der Waals surface area (Å²) in [5.74, 6) is -2.52. The van der Waals surface area contributed by atoms with Crippen molar-refractivity contribution in [1.29, 1.82) is 0 Å². The van der Waals surface area contributed by atoms with Gasteiger partial charge in [-0.15, -0.1) is 0 Å². The molecule has 0 unspecified atom stereocenters. The van der Waals surface area contributed by atoms with Crippen molar-refractivity contribution < 1.29 is 27.3 Å². The topological polar surface area (TPSA) is 97.7 Å². The van der Waals surface area contributed by atoms with E-state index in [9.17, 15) is 18.0 Å². The van der Waals surface area contributed by atoms with Gasteiger partial charge >= 0.3 is 67.5 Å². The minimum absolute atomic E-state index is 0. The van der Waals surface area contributed by atoms with E-state index in [1.165, 1.54) is 0 Å². The van der Waals surface area contributed by atoms with Crippen molar-refractivity contribution in [2.75, 3.05) is 5.94 Å². The zero-order valence-corrected chi connectivity index (χ0v) is 7.13. The molecule has 0 spiro atoms. The van der Waals surface area contributed by atoms with Gasteiger partial charge in [-0.2, -0.15) is 8.42 Å². The summed E-state index contributed by atoms with van der Waals surface area (Å²) in [5.41, 5.74) is 0. The van der Waals surface area contributed by atoms with Crippen LogP contribution in [0.15, 0.2) is 0 Å². The Bertz CT molecular complexity index is 281. The third-order valence-electron chi connectivity index (χ3n) is 0.762. The molecule has 0 saturated carbocycles. The van der Waals surface area contributed by atoms with Gasteiger partial charge in [-0.05, 0) is 6.92 Å². The minimum atomic E-state index is -4.31. The summed E-state index contributed by atoms with van der Waals surface area (Å²) in [7, 11) is -4.31. The van der Waals surface area contributed by atoms with Crippen LogP contribution in [0.25, 0.3) is 0 Å². The summed E-state index contributed by atoms with van der Waals surface area (Å²) in [6, 6.07) is 0. The number of ether oxygens (including phenoxy) is 1. The predicted molar refractivity (Wildman–Crippen MR) is 45.0 cm³/mol. The summed E-state index contributed by atoms with van der Waals surface area (Å²) in [6.07, 6.45) is -0.491. The van der Waals surface area contributed by atoms with Gasteiger partial charge in [0.1, 0.15) is 12.2 Å². The first-order valence-electron chi connectivity index (χ1n) is 2.91. The average molecular weight is 236 g/mol. The van der Waals surface area contributed by atoms with Crippen LogP contribution < -0.4 is 0 Å². The van der Waals surface area contributed by atoms with Gasteiger partial charge in [0.15, 0.2) is 0 Å². The van der Waals surface area contributed by atoms with Crippen molar-refractivity contribution in [3.8, 4) is 0 Å². The fourth-order valence-electron chi connectivity index (χ4n) is 0.394. The number of carbonyl (C=O) groups is 2. The van der Waals surface area contributed by atoms with Gasteiger partial charge in [-0.1, -0.05) is 0 Å². The van der Waals surface area contributed by atoms with Crippen LogP contribution in [0.5, 0.6) is 0 Å². The standard InChI is InChI=1S/C5H8O6S.K.H/c1-4(6)2-5(7)11-3-12(8,9)10;;/h2-3H2,1H3,(H,8,9,10);;. The quantitative estimate of drug-likeness (QED) is 0.282. The normalized spacial score (nSPS) is 10.0. The molecule has 0 aromatic heterocycles. The van der Waals surface area contributed by atoms with Crippen LogP contribution in [-0.4, -0.2) is 82.0 Å². The van der Waals surface area contributed by atoms with Crippen molar-refractivity contribution >= 4 is 73.3 Å². The number of esters is 1. The Morgan fingerprint density at radius 1 is 1.38 bits per heavy atom. The molecule has 0 bridgehead atoms. The van der Waals surface area contributed by atoms with Gasteiger partial charge < -0.3 is 4.74 Å². The van der Waals surface area contributed by atoms with Crippen LogP contribution in [0.2, 0.25) is 0 Å². The Labute approximate surface area is 118 Å². The molecule has 72 valence electrons. The number of hydrogen-bond donors (Lipinski definition) is 1. The summed E-state index contributed by atoms with van der Waals surface area (Å²) in [5, 5.41) is 0. The van der Waals surface area contributed by atoms with Crippen LogP contribution in [0.1, 0.15) is 13.3 Å². The second-order valence-corrected chi connectivity index (χ2v) is 3.49. The van der Waals surface area contributed by atoms with Crippen molar-refractivity contribution in [3.63, 3.8) is 0 Å². The molecule has 6 nitrogen and oxygen atoms in total. The summed E-state index contributed by atoms with van der Waals surface area (Å²) in [6.45, 7) is 1.16. The molecule has 0 heterocycles. The van der Waals surface area contributed by atoms with E-state index < -0.39 is 34.2 Å². The van der Waals surface area contributed by atoms with E-state index in [4.69, 9.17) is 4.55 Å². The fraction of sp³-hybridized carbons (Fsp3) is 0.600. The van der Waals surface area contributed by atoms with Gasteiger partial charge in [-0.25, -0.2) is 0 Å². The SMILES string of the molecule is CC(=O)CC(=O)OCS(=O)(=O)O.[KH]. The molecule has 8 heteroatoms. The van der Waals surface area contributed by atoms with E-state index in [0.29, 0.717) is 0 Å². The first kappa shape index (κ1) is 16.1. The molecular formula is C5H9KO6S. The van der Waals surface area contributed by atoms with Crippen LogP contribution in [0.4, 0.5) is 0 Å². The molecule has 0 aliphatic heterocycles. The molecule has 0 saturated heterocycles. The van der Waals surface area contributed by atoms with Gasteiger partial charge in [0.05, 0.1) is 0 Å². The zero-order chi connectivity index (χ0) is 9.78. The molecule has 13 heavy (non-hydrogen) atoms. The molecule has 0 amide bonds. The number of Topliss-reactive ketones (excluding diaryl/α,β-unsaturated/α-hetero) is 1. The average Bonchev–Trinajstić information content (AvgIpc) is 1.80. The maximum atomic E-state index is 10.5. The van der Waals surface area contributed by atoms with E-state index in [1.54, 1.807) is 0 Å². The van der Waals surface area contributed by atoms with E-state index in [0.717, 1.165) is 6.92 Å². The van der Waals surface area contributed by atoms with Crippen molar-refractivity contribution in [3.05, 3.63) is 0 Å². The first-order valence-corrected chi connectivity index (χ1v) is 4.52. The van der Waals surface area contributed by atoms with E-state index >= 15 is 0 Å². The number of ketones is 1. The van der Waals surface area contributed by atoms with Gasteiger partial charge in [0, 0.05) is 0 Å². The molecule has 0 aliphatic carbocycles. The molecular weight excluding hydrogens is 227 g/mol. The van der Waals surface area contributed by atoms with Gasteiger partial charge in [-0.3, -0.25) is 14.1 Å². The Hall–Kier alpha value is 0.686. The summed E-state index contributed by atoms with van der Waals surface area (Å²) >= 11 is 0. The monoisotopic (exact) mass is 236 g/mol. The molecule has 0 atom stereocenters. The molecule has 0 fully saturated rings. The third-order valence-corrected chi connectivity index (χ3v) is 1.18. The predicted octanol–water partition coefficient (Wildman–Crippen LogP) is -1.29. The van der Waals surface area contributed by atoms with Crippen molar-refractivity contribution in [2.45, 2.75) is 13.3 Å². The van der Waals surface area contributed by atoms with Crippen LogP contribution in [0, 0.1) is 0 Å².